The second-order valence-corrected chi connectivity index (χ2v) is 5.21. The number of piperidine rings is 1. The lowest BCUT2D eigenvalue weighted by atomic mass is 9.96. The van der Waals surface area contributed by atoms with E-state index in [9.17, 15) is 4.79 Å². The fraction of sp³-hybridized carbons (Fsp3) is 0.438. The van der Waals surface area contributed by atoms with Gasteiger partial charge in [0.2, 0.25) is 0 Å². The molecule has 1 atom stereocenters. The van der Waals surface area contributed by atoms with E-state index in [1.165, 1.54) is 0 Å². The summed E-state index contributed by atoms with van der Waals surface area (Å²) in [6, 6.07) is 5.80. The van der Waals surface area contributed by atoms with Crippen molar-refractivity contribution in [3.05, 3.63) is 30.0 Å². The van der Waals surface area contributed by atoms with Crippen molar-refractivity contribution in [2.24, 2.45) is 0 Å². The number of hydrogen-bond acceptors (Lipinski definition) is 3. The van der Waals surface area contributed by atoms with Crippen LogP contribution < -0.4 is 10.1 Å². The lowest BCUT2D eigenvalue weighted by Gasteiger charge is -2.21. The summed E-state index contributed by atoms with van der Waals surface area (Å²) in [5.74, 6) is 0.995. The average Bonchev–Trinajstić information content (AvgIpc) is 2.91. The number of carbonyl (C=O) groups excluding carboxylic acids is 1. The molecule has 1 unspecified atom stereocenters. The van der Waals surface area contributed by atoms with E-state index < -0.39 is 0 Å². The van der Waals surface area contributed by atoms with Crippen molar-refractivity contribution in [2.45, 2.75) is 32.2 Å². The molecule has 20 heavy (non-hydrogen) atoms. The first-order chi connectivity index (χ1) is 9.79. The van der Waals surface area contributed by atoms with Gasteiger partial charge < -0.3 is 15.0 Å². The highest BCUT2D eigenvalue weighted by atomic mass is 16.5. The standard InChI is InChI=1S/C16H20N2O2/c1-2-20-11-6-7-14-12(9-11)13(10-18-14)16(19)15-5-3-4-8-17-15/h6-7,9-10,15,17-18H,2-5,8H2,1H3. The maximum absolute atomic E-state index is 12.6. The molecule has 0 saturated carbocycles. The highest BCUT2D eigenvalue weighted by Crippen LogP contribution is 2.25. The zero-order valence-electron chi connectivity index (χ0n) is 11.7. The quantitative estimate of drug-likeness (QED) is 0.841. The zero-order valence-corrected chi connectivity index (χ0v) is 11.7. The molecule has 0 spiro atoms. The van der Waals surface area contributed by atoms with E-state index in [1.54, 1.807) is 0 Å². The predicted molar refractivity (Wildman–Crippen MR) is 79.4 cm³/mol. The summed E-state index contributed by atoms with van der Waals surface area (Å²) in [5, 5.41) is 4.27. The number of ketones is 1. The number of ether oxygens (including phenoxy) is 1. The van der Waals surface area contributed by atoms with E-state index in [4.69, 9.17) is 4.74 Å². The maximum atomic E-state index is 12.6. The summed E-state index contributed by atoms with van der Waals surface area (Å²) in [7, 11) is 0. The lowest BCUT2D eigenvalue weighted by molar-refractivity contribution is 0.0929. The molecule has 1 aromatic carbocycles. The van der Waals surface area contributed by atoms with Crippen LogP contribution in [0.15, 0.2) is 24.4 Å². The van der Waals surface area contributed by atoms with Gasteiger partial charge in [0.1, 0.15) is 5.75 Å². The van der Waals surface area contributed by atoms with E-state index in [2.05, 4.69) is 10.3 Å². The van der Waals surface area contributed by atoms with Gasteiger partial charge in [-0.15, -0.1) is 0 Å². The van der Waals surface area contributed by atoms with Crippen LogP contribution in [0.1, 0.15) is 36.5 Å². The molecule has 0 radical (unpaired) electrons. The Morgan fingerprint density at radius 2 is 2.30 bits per heavy atom. The first-order valence-electron chi connectivity index (χ1n) is 7.31. The molecule has 2 N–H and O–H groups in total. The summed E-state index contributed by atoms with van der Waals surface area (Å²) in [4.78, 5) is 15.8. The van der Waals surface area contributed by atoms with Crippen molar-refractivity contribution < 1.29 is 9.53 Å². The zero-order chi connectivity index (χ0) is 13.9. The highest BCUT2D eigenvalue weighted by Gasteiger charge is 2.24. The Kier molecular flexibility index (Phi) is 3.74. The first kappa shape index (κ1) is 13.2. The second-order valence-electron chi connectivity index (χ2n) is 5.21. The van der Waals surface area contributed by atoms with E-state index in [0.29, 0.717) is 6.61 Å². The molecule has 2 heterocycles. The smallest absolute Gasteiger partial charge is 0.181 e. The molecule has 1 fully saturated rings. The molecule has 4 nitrogen and oxygen atoms in total. The number of H-pyrrole nitrogens is 1. The lowest BCUT2D eigenvalue weighted by Crippen LogP contribution is -2.40. The fourth-order valence-electron chi connectivity index (χ4n) is 2.82. The Morgan fingerprint density at radius 1 is 1.40 bits per heavy atom. The molecule has 3 rings (SSSR count). The summed E-state index contributed by atoms with van der Waals surface area (Å²) in [6.45, 7) is 3.52. The maximum Gasteiger partial charge on any atom is 0.181 e. The molecule has 1 aromatic heterocycles. The van der Waals surface area contributed by atoms with Gasteiger partial charge in [-0.05, 0) is 44.5 Å². The number of aromatic amines is 1. The van der Waals surface area contributed by atoms with Crippen LogP contribution in [0.3, 0.4) is 0 Å². The van der Waals surface area contributed by atoms with Gasteiger partial charge in [-0.2, -0.15) is 0 Å². The van der Waals surface area contributed by atoms with Crippen molar-refractivity contribution in [2.75, 3.05) is 13.2 Å². The van der Waals surface area contributed by atoms with Crippen LogP contribution in [0.4, 0.5) is 0 Å². The molecule has 2 aromatic rings. The number of fused-ring (bicyclic) bond motifs is 1. The van der Waals surface area contributed by atoms with Crippen LogP contribution in [0, 0.1) is 0 Å². The third-order valence-corrected chi connectivity index (χ3v) is 3.86. The van der Waals surface area contributed by atoms with Crippen molar-refractivity contribution in [1.29, 1.82) is 0 Å². The number of carbonyl (C=O) groups is 1. The Labute approximate surface area is 118 Å². The van der Waals surface area contributed by atoms with Crippen molar-refractivity contribution >= 4 is 16.7 Å². The summed E-state index contributed by atoms with van der Waals surface area (Å²) in [6.07, 6.45) is 5.03. The first-order valence-corrected chi connectivity index (χ1v) is 7.31. The number of rotatable bonds is 4. The SMILES string of the molecule is CCOc1ccc2[nH]cc(C(=O)C3CCCCN3)c2c1. The van der Waals surface area contributed by atoms with Gasteiger partial charge in [0.15, 0.2) is 5.78 Å². The van der Waals surface area contributed by atoms with Crippen LogP contribution in [0.5, 0.6) is 5.75 Å². The van der Waals surface area contributed by atoms with E-state index in [0.717, 1.165) is 48.0 Å². The van der Waals surface area contributed by atoms with Gasteiger partial charge in [-0.1, -0.05) is 6.42 Å². The van der Waals surface area contributed by atoms with Crippen molar-refractivity contribution in [3.63, 3.8) is 0 Å². The van der Waals surface area contributed by atoms with Gasteiger partial charge in [-0.3, -0.25) is 4.79 Å². The summed E-state index contributed by atoms with van der Waals surface area (Å²) >= 11 is 0. The van der Waals surface area contributed by atoms with Crippen LogP contribution in [-0.4, -0.2) is 30.0 Å². The van der Waals surface area contributed by atoms with Crippen LogP contribution in [0.25, 0.3) is 10.9 Å². The van der Waals surface area contributed by atoms with Gasteiger partial charge in [0.05, 0.1) is 12.6 Å². The van der Waals surface area contributed by atoms with Gasteiger partial charge in [-0.25, -0.2) is 0 Å². The predicted octanol–water partition coefficient (Wildman–Crippen LogP) is 2.89. The Hall–Kier alpha value is -1.81. The Balaban J connectivity index is 1.93. The molecule has 1 aliphatic rings. The third kappa shape index (κ3) is 2.43. The molecular weight excluding hydrogens is 252 g/mol. The van der Waals surface area contributed by atoms with Crippen LogP contribution in [0.2, 0.25) is 0 Å². The summed E-state index contributed by atoms with van der Waals surface area (Å²) in [5.41, 5.74) is 1.74. The monoisotopic (exact) mass is 272 g/mol. The largest absolute Gasteiger partial charge is 0.494 e. The number of hydrogen-bond donors (Lipinski definition) is 2. The minimum Gasteiger partial charge on any atom is -0.494 e. The fourth-order valence-corrected chi connectivity index (χ4v) is 2.82. The number of Topliss-reactive ketones (excluding diaryl/α,β-unsaturated/α-hetero) is 1. The van der Waals surface area contributed by atoms with Gasteiger partial charge in [0.25, 0.3) is 0 Å². The van der Waals surface area contributed by atoms with Gasteiger partial charge in [0, 0.05) is 22.7 Å². The number of nitrogens with one attached hydrogen (secondary N) is 2. The normalized spacial score (nSPS) is 19.1. The van der Waals surface area contributed by atoms with Crippen LogP contribution in [-0.2, 0) is 0 Å². The Morgan fingerprint density at radius 3 is 3.05 bits per heavy atom. The van der Waals surface area contributed by atoms with E-state index in [1.807, 2.05) is 31.3 Å². The topological polar surface area (TPSA) is 54.1 Å². The Bertz CT molecular complexity index is 612. The molecule has 106 valence electrons. The average molecular weight is 272 g/mol. The molecule has 0 bridgehead atoms. The van der Waals surface area contributed by atoms with Crippen LogP contribution >= 0.6 is 0 Å². The minimum absolute atomic E-state index is 0.0431. The molecular formula is C16H20N2O2. The number of benzene rings is 1. The van der Waals surface area contributed by atoms with Crippen molar-refractivity contribution in [3.8, 4) is 5.75 Å². The van der Waals surface area contributed by atoms with E-state index in [-0.39, 0.29) is 11.8 Å². The third-order valence-electron chi connectivity index (χ3n) is 3.86. The molecule has 0 aliphatic carbocycles. The van der Waals surface area contributed by atoms with E-state index >= 15 is 0 Å². The number of aromatic nitrogens is 1. The van der Waals surface area contributed by atoms with Crippen molar-refractivity contribution in [1.82, 2.24) is 10.3 Å². The second kappa shape index (κ2) is 5.67. The molecule has 0 amide bonds. The minimum atomic E-state index is -0.0431. The molecule has 4 heteroatoms. The highest BCUT2D eigenvalue weighted by molar-refractivity contribution is 6.10. The molecule has 1 saturated heterocycles. The molecule has 1 aliphatic heterocycles. The summed E-state index contributed by atoms with van der Waals surface area (Å²) < 4.78 is 5.52. The van der Waals surface area contributed by atoms with Gasteiger partial charge >= 0.3 is 0 Å².